The third-order valence-electron chi connectivity index (χ3n) is 9.67. The summed E-state index contributed by atoms with van der Waals surface area (Å²) in [7, 11) is -0.405. The van der Waals surface area contributed by atoms with E-state index in [9.17, 15) is 0 Å². The second kappa shape index (κ2) is 7.70. The number of rotatable bonds is 2. The quantitative estimate of drug-likeness (QED) is 0.210. The predicted molar refractivity (Wildman–Crippen MR) is 171 cm³/mol. The maximum absolute atomic E-state index is 6.46. The van der Waals surface area contributed by atoms with Crippen molar-refractivity contribution in [3.63, 3.8) is 0 Å². The van der Waals surface area contributed by atoms with Gasteiger partial charge in [0.15, 0.2) is 0 Å². The van der Waals surface area contributed by atoms with Crippen LogP contribution >= 0.6 is 0 Å². The Morgan fingerprint density at radius 3 is 1.61 bits per heavy atom. The van der Waals surface area contributed by atoms with Crippen molar-refractivity contribution in [3.8, 4) is 5.69 Å². The fourth-order valence-electron chi connectivity index (χ4n) is 6.96. The van der Waals surface area contributed by atoms with Gasteiger partial charge in [-0.05, 0) is 69.6 Å². The first-order chi connectivity index (χ1) is 19.8. The molecule has 1 saturated heterocycles. The summed E-state index contributed by atoms with van der Waals surface area (Å²) in [4.78, 5) is 0. The van der Waals surface area contributed by atoms with Crippen molar-refractivity contribution in [2.75, 3.05) is 0 Å². The number of fused-ring (bicyclic) bond motifs is 9. The van der Waals surface area contributed by atoms with Crippen molar-refractivity contribution in [3.05, 3.63) is 103 Å². The number of hydrogen-bond acceptors (Lipinski definition) is 2. The van der Waals surface area contributed by atoms with E-state index in [2.05, 4.69) is 140 Å². The molecule has 41 heavy (non-hydrogen) atoms. The Labute approximate surface area is 238 Å². The van der Waals surface area contributed by atoms with E-state index in [-0.39, 0.29) is 11.2 Å². The zero-order chi connectivity index (χ0) is 27.7. The summed E-state index contributed by atoms with van der Waals surface area (Å²) in [5.41, 5.74) is 7.56. The average Bonchev–Trinajstić information content (AvgIpc) is 3.66. The molecule has 5 aromatic carbocycles. The lowest BCUT2D eigenvalue weighted by molar-refractivity contribution is 0.00578. The van der Waals surface area contributed by atoms with Gasteiger partial charge >= 0.3 is 7.12 Å². The predicted octanol–water partition coefficient (Wildman–Crippen LogP) is 8.23. The second-order valence-corrected chi connectivity index (χ2v) is 12.5. The summed E-state index contributed by atoms with van der Waals surface area (Å²) in [5, 5.41) is 7.53. The molecule has 0 saturated carbocycles. The van der Waals surface area contributed by atoms with Gasteiger partial charge in [-0.1, -0.05) is 66.7 Å². The largest absolute Gasteiger partial charge is 0.494 e. The Balaban J connectivity index is 1.39. The van der Waals surface area contributed by atoms with Crippen molar-refractivity contribution in [2.24, 2.45) is 0 Å². The van der Waals surface area contributed by atoms with Crippen LogP contribution in [0, 0.1) is 0 Å². The molecule has 4 nitrogen and oxygen atoms in total. The van der Waals surface area contributed by atoms with Crippen LogP contribution in [0.1, 0.15) is 27.7 Å². The van der Waals surface area contributed by atoms with Crippen LogP contribution in [-0.4, -0.2) is 27.3 Å². The maximum atomic E-state index is 6.46. The zero-order valence-electron chi connectivity index (χ0n) is 23.6. The van der Waals surface area contributed by atoms with Crippen LogP contribution in [0.5, 0.6) is 0 Å². The molecule has 9 rings (SSSR count). The smallest absolute Gasteiger partial charge is 0.399 e. The van der Waals surface area contributed by atoms with Gasteiger partial charge in [0.25, 0.3) is 0 Å². The Morgan fingerprint density at radius 1 is 0.512 bits per heavy atom. The lowest BCUT2D eigenvalue weighted by atomic mass is 9.78. The first-order valence-corrected chi connectivity index (χ1v) is 14.4. The van der Waals surface area contributed by atoms with Gasteiger partial charge in [-0.15, -0.1) is 0 Å². The van der Waals surface area contributed by atoms with E-state index in [1.54, 1.807) is 0 Å². The van der Waals surface area contributed by atoms with Gasteiger partial charge in [0, 0.05) is 38.0 Å². The molecule has 0 spiro atoms. The van der Waals surface area contributed by atoms with Gasteiger partial charge in [0.1, 0.15) is 0 Å². The Bertz CT molecular complexity index is 2270. The molecular formula is C36H29BN2O2. The zero-order valence-corrected chi connectivity index (χ0v) is 23.6. The molecule has 3 aromatic heterocycles. The van der Waals surface area contributed by atoms with E-state index in [1.165, 1.54) is 65.6 Å². The average molecular weight is 532 g/mol. The Kier molecular flexibility index (Phi) is 4.39. The summed E-state index contributed by atoms with van der Waals surface area (Å²) in [5.74, 6) is 0. The van der Waals surface area contributed by atoms with Gasteiger partial charge in [-0.25, -0.2) is 0 Å². The highest BCUT2D eigenvalue weighted by Gasteiger charge is 2.51. The van der Waals surface area contributed by atoms with Crippen molar-refractivity contribution in [1.29, 1.82) is 0 Å². The van der Waals surface area contributed by atoms with Gasteiger partial charge in [0.05, 0.1) is 38.8 Å². The summed E-state index contributed by atoms with van der Waals surface area (Å²) in [6.45, 7) is 8.43. The van der Waals surface area contributed by atoms with E-state index >= 15 is 0 Å². The van der Waals surface area contributed by atoms with Crippen LogP contribution in [0.4, 0.5) is 0 Å². The topological polar surface area (TPSA) is 27.8 Å². The van der Waals surface area contributed by atoms with Crippen LogP contribution in [-0.2, 0) is 9.31 Å². The summed E-state index contributed by atoms with van der Waals surface area (Å²) >= 11 is 0. The van der Waals surface area contributed by atoms with Crippen LogP contribution in [0.25, 0.3) is 65.6 Å². The minimum Gasteiger partial charge on any atom is -0.399 e. The molecule has 4 heterocycles. The minimum absolute atomic E-state index is 0.387. The first kappa shape index (κ1) is 23.4. The van der Waals surface area contributed by atoms with Crippen molar-refractivity contribution < 1.29 is 9.31 Å². The standard InChI is InChI=1S/C36H29BN2O2/c1-35(2)36(3,4)41-37(40-35)22-17-18-33-27(19-22)29-21-23(20-28-26-13-7-10-16-32(26)39(33)34(28)29)38-30-14-8-5-11-24(30)25-12-6-9-15-31(25)38/h5-21H,1-4H3. The van der Waals surface area contributed by atoms with Gasteiger partial charge in [0.2, 0.25) is 0 Å². The normalized spacial score (nSPS) is 16.9. The van der Waals surface area contributed by atoms with E-state index in [0.29, 0.717) is 0 Å². The minimum atomic E-state index is -0.405. The van der Waals surface area contributed by atoms with Crippen molar-refractivity contribution in [2.45, 2.75) is 38.9 Å². The van der Waals surface area contributed by atoms with E-state index < -0.39 is 7.12 Å². The highest BCUT2D eigenvalue weighted by atomic mass is 16.7. The van der Waals surface area contributed by atoms with Crippen LogP contribution in [0.3, 0.4) is 0 Å². The Hall–Kier alpha value is -4.32. The van der Waals surface area contributed by atoms with Crippen LogP contribution in [0.15, 0.2) is 103 Å². The first-order valence-electron chi connectivity index (χ1n) is 14.4. The molecule has 8 aromatic rings. The third-order valence-corrected chi connectivity index (χ3v) is 9.67. The van der Waals surface area contributed by atoms with Crippen molar-refractivity contribution >= 4 is 72.5 Å². The summed E-state index contributed by atoms with van der Waals surface area (Å²) in [6.07, 6.45) is 0. The number of hydrogen-bond donors (Lipinski definition) is 0. The molecule has 1 aliphatic rings. The molecule has 0 aliphatic carbocycles. The molecule has 0 unspecified atom stereocenters. The molecule has 0 radical (unpaired) electrons. The fraction of sp³-hybridized carbons (Fsp3) is 0.167. The molecule has 0 amide bonds. The highest BCUT2D eigenvalue weighted by molar-refractivity contribution is 6.62. The van der Waals surface area contributed by atoms with Gasteiger partial charge < -0.3 is 18.3 Å². The number of nitrogens with zero attached hydrogens (tertiary/aromatic N) is 2. The number of aromatic nitrogens is 2. The lowest BCUT2D eigenvalue weighted by Gasteiger charge is -2.32. The van der Waals surface area contributed by atoms with Gasteiger partial charge in [-0.2, -0.15) is 0 Å². The Morgan fingerprint density at radius 2 is 1.00 bits per heavy atom. The molecular weight excluding hydrogens is 503 g/mol. The van der Waals surface area contributed by atoms with E-state index in [0.717, 1.165) is 5.46 Å². The lowest BCUT2D eigenvalue weighted by Crippen LogP contribution is -2.41. The maximum Gasteiger partial charge on any atom is 0.494 e. The molecule has 5 heteroatoms. The van der Waals surface area contributed by atoms with Crippen molar-refractivity contribution in [1.82, 2.24) is 8.97 Å². The second-order valence-electron chi connectivity index (χ2n) is 12.5. The van der Waals surface area contributed by atoms with Gasteiger partial charge in [-0.3, -0.25) is 0 Å². The molecule has 0 atom stereocenters. The van der Waals surface area contributed by atoms with E-state index in [4.69, 9.17) is 9.31 Å². The molecule has 198 valence electrons. The molecule has 0 N–H and O–H groups in total. The molecule has 1 fully saturated rings. The SMILES string of the molecule is CC1(C)OB(c2ccc3c(c2)c2cc(-n4c5ccccc5c5ccccc54)cc4c5ccccc5n3c42)OC1(C)C. The highest BCUT2D eigenvalue weighted by Crippen LogP contribution is 2.42. The summed E-state index contributed by atoms with van der Waals surface area (Å²) < 4.78 is 17.8. The van der Waals surface area contributed by atoms with E-state index in [1.807, 2.05) is 0 Å². The fourth-order valence-corrected chi connectivity index (χ4v) is 6.96. The third kappa shape index (κ3) is 2.97. The summed E-state index contributed by atoms with van der Waals surface area (Å²) in [6, 6.07) is 37.6. The number of benzene rings is 5. The van der Waals surface area contributed by atoms with Crippen LogP contribution in [0.2, 0.25) is 0 Å². The monoisotopic (exact) mass is 532 g/mol. The number of para-hydroxylation sites is 3. The molecule has 1 aliphatic heterocycles. The molecule has 0 bridgehead atoms. The van der Waals surface area contributed by atoms with Crippen LogP contribution < -0.4 is 5.46 Å².